The van der Waals surface area contributed by atoms with Gasteiger partial charge in [0.1, 0.15) is 5.01 Å². The van der Waals surface area contributed by atoms with E-state index in [-0.39, 0.29) is 11.2 Å². The fourth-order valence-corrected chi connectivity index (χ4v) is 4.43. The highest BCUT2D eigenvalue weighted by Crippen LogP contribution is 2.37. The van der Waals surface area contributed by atoms with E-state index in [1.807, 2.05) is 12.1 Å². The molecular formula is C16H19N3OS2. The van der Waals surface area contributed by atoms with Crippen LogP contribution in [-0.4, -0.2) is 21.4 Å². The van der Waals surface area contributed by atoms with E-state index in [2.05, 4.69) is 34.6 Å². The molecule has 0 aliphatic carbocycles. The quantitative estimate of drug-likeness (QED) is 0.814. The van der Waals surface area contributed by atoms with E-state index in [9.17, 15) is 4.79 Å². The maximum Gasteiger partial charge on any atom is 0.240 e. The molecule has 1 N–H and O–H groups in total. The molecule has 3 rings (SSSR count). The van der Waals surface area contributed by atoms with E-state index >= 15 is 0 Å². The monoisotopic (exact) mass is 333 g/mol. The Morgan fingerprint density at radius 2 is 2.18 bits per heavy atom. The molecule has 4 nitrogen and oxygen atoms in total. The highest BCUT2D eigenvalue weighted by molar-refractivity contribution is 8.01. The number of thioether (sulfide) groups is 1. The van der Waals surface area contributed by atoms with Crippen LogP contribution < -0.4 is 5.32 Å². The van der Waals surface area contributed by atoms with E-state index in [0.29, 0.717) is 5.13 Å². The van der Waals surface area contributed by atoms with Crippen LogP contribution in [0.5, 0.6) is 0 Å². The lowest BCUT2D eigenvalue weighted by molar-refractivity contribution is -0.115. The molecule has 1 atom stereocenters. The summed E-state index contributed by atoms with van der Waals surface area (Å²) in [6.07, 6.45) is 5.27. The number of rotatable bonds is 6. The summed E-state index contributed by atoms with van der Waals surface area (Å²) < 4.78 is 0. The Labute approximate surface area is 138 Å². The van der Waals surface area contributed by atoms with Gasteiger partial charge in [-0.1, -0.05) is 49.3 Å². The van der Waals surface area contributed by atoms with E-state index < -0.39 is 0 Å². The number of nitrogens with one attached hydrogen (secondary N) is 1. The molecule has 0 saturated carbocycles. The Kier molecular flexibility index (Phi) is 5.10. The molecule has 0 spiro atoms. The second-order valence-electron chi connectivity index (χ2n) is 5.37. The number of nitrogens with zero attached hydrogens (tertiary/aromatic N) is 2. The fraction of sp³-hybridized carbons (Fsp3) is 0.438. The van der Waals surface area contributed by atoms with Crippen LogP contribution in [-0.2, 0) is 17.6 Å². The predicted octanol–water partition coefficient (Wildman–Crippen LogP) is 3.93. The summed E-state index contributed by atoms with van der Waals surface area (Å²) in [5.74, 6) is 0.0254. The normalized spacial score (nSPS) is 16.5. The third-order valence-electron chi connectivity index (χ3n) is 3.63. The average molecular weight is 333 g/mol. The summed E-state index contributed by atoms with van der Waals surface area (Å²) >= 11 is 3.12. The van der Waals surface area contributed by atoms with Gasteiger partial charge in [-0.25, -0.2) is 0 Å². The minimum Gasteiger partial charge on any atom is -0.300 e. The van der Waals surface area contributed by atoms with E-state index in [4.69, 9.17) is 0 Å². The molecule has 0 radical (unpaired) electrons. The van der Waals surface area contributed by atoms with Gasteiger partial charge < -0.3 is 0 Å². The topological polar surface area (TPSA) is 54.9 Å². The maximum absolute atomic E-state index is 12.4. The summed E-state index contributed by atoms with van der Waals surface area (Å²) in [4.78, 5) is 13.6. The number of aromatic nitrogens is 2. The second-order valence-corrected chi connectivity index (χ2v) is 7.67. The van der Waals surface area contributed by atoms with E-state index in [0.717, 1.165) is 24.3 Å². The predicted molar refractivity (Wildman–Crippen MR) is 91.6 cm³/mol. The Bertz CT molecular complexity index is 631. The molecule has 1 aliphatic rings. The first-order chi connectivity index (χ1) is 10.8. The van der Waals surface area contributed by atoms with Crippen LogP contribution in [0.15, 0.2) is 29.2 Å². The number of carbonyl (C=O) groups is 1. The fourth-order valence-electron chi connectivity index (χ4n) is 2.45. The molecule has 1 aromatic carbocycles. The second kappa shape index (κ2) is 7.24. The number of amides is 1. The van der Waals surface area contributed by atoms with Crippen LogP contribution in [0.3, 0.4) is 0 Å². The largest absolute Gasteiger partial charge is 0.300 e. The summed E-state index contributed by atoms with van der Waals surface area (Å²) in [6, 6.07) is 8.20. The lowest BCUT2D eigenvalue weighted by atomic mass is 10.1. The number of carbonyl (C=O) groups excluding carboxylic acids is 1. The molecule has 2 aromatic rings. The van der Waals surface area contributed by atoms with Gasteiger partial charge in [-0.2, -0.15) is 0 Å². The van der Waals surface area contributed by atoms with Crippen molar-refractivity contribution in [1.29, 1.82) is 0 Å². The van der Waals surface area contributed by atoms with Gasteiger partial charge in [0.05, 0.1) is 5.25 Å². The van der Waals surface area contributed by atoms with Crippen LogP contribution in [0.1, 0.15) is 36.8 Å². The molecule has 22 heavy (non-hydrogen) atoms. The van der Waals surface area contributed by atoms with Gasteiger partial charge in [0, 0.05) is 11.3 Å². The summed E-state index contributed by atoms with van der Waals surface area (Å²) in [6.45, 7) is 2.18. The number of unbranched alkanes of at least 4 members (excludes halogenated alkanes) is 2. The van der Waals surface area contributed by atoms with Crippen molar-refractivity contribution in [2.75, 3.05) is 5.32 Å². The van der Waals surface area contributed by atoms with Crippen LogP contribution in [0.25, 0.3) is 0 Å². The average Bonchev–Trinajstić information content (AvgIpc) is 3.14. The zero-order valence-electron chi connectivity index (χ0n) is 12.5. The van der Waals surface area contributed by atoms with Crippen molar-refractivity contribution in [3.05, 3.63) is 34.8 Å². The van der Waals surface area contributed by atoms with E-state index in [1.165, 1.54) is 34.6 Å². The highest BCUT2D eigenvalue weighted by Gasteiger charge is 2.28. The third kappa shape index (κ3) is 3.67. The van der Waals surface area contributed by atoms with Crippen LogP contribution in [0.4, 0.5) is 5.13 Å². The smallest absolute Gasteiger partial charge is 0.240 e. The summed E-state index contributed by atoms with van der Waals surface area (Å²) in [7, 11) is 0. The van der Waals surface area contributed by atoms with Gasteiger partial charge in [0.15, 0.2) is 0 Å². The van der Waals surface area contributed by atoms with Gasteiger partial charge in [0.2, 0.25) is 11.0 Å². The Morgan fingerprint density at radius 3 is 3.00 bits per heavy atom. The van der Waals surface area contributed by atoms with Crippen molar-refractivity contribution in [1.82, 2.24) is 10.2 Å². The van der Waals surface area contributed by atoms with Crippen molar-refractivity contribution in [2.45, 2.75) is 49.2 Å². The molecule has 2 heterocycles. The van der Waals surface area contributed by atoms with Crippen LogP contribution >= 0.6 is 23.1 Å². The molecule has 6 heteroatoms. The lowest BCUT2D eigenvalue weighted by Crippen LogP contribution is -2.24. The standard InChI is InChI=1S/C16H19N3OS2/c1-2-3-4-9-14-18-19-16(22-14)17-15(20)13-10-11-7-5-6-8-12(11)21-13/h5-8,13H,2-4,9-10H2,1H3,(H,17,19,20). The first-order valence-corrected chi connectivity index (χ1v) is 9.33. The molecule has 1 amide bonds. The Morgan fingerprint density at radius 1 is 1.32 bits per heavy atom. The number of anilines is 1. The zero-order chi connectivity index (χ0) is 15.4. The van der Waals surface area contributed by atoms with Crippen molar-refractivity contribution in [3.8, 4) is 0 Å². The number of hydrogen-bond acceptors (Lipinski definition) is 5. The van der Waals surface area contributed by atoms with Crippen LogP contribution in [0, 0.1) is 0 Å². The number of hydrogen-bond donors (Lipinski definition) is 1. The van der Waals surface area contributed by atoms with Crippen molar-refractivity contribution in [2.24, 2.45) is 0 Å². The van der Waals surface area contributed by atoms with Crippen LogP contribution in [0.2, 0.25) is 0 Å². The minimum absolute atomic E-state index is 0.0254. The molecule has 1 aromatic heterocycles. The molecule has 1 unspecified atom stereocenters. The van der Waals surface area contributed by atoms with Gasteiger partial charge in [0.25, 0.3) is 0 Å². The number of fused-ring (bicyclic) bond motifs is 1. The highest BCUT2D eigenvalue weighted by atomic mass is 32.2. The zero-order valence-corrected chi connectivity index (χ0v) is 14.2. The SMILES string of the molecule is CCCCCc1nnc(NC(=O)C2Cc3ccccc3S2)s1. The lowest BCUT2D eigenvalue weighted by Gasteiger charge is -2.06. The molecule has 0 saturated heterocycles. The van der Waals surface area contributed by atoms with Gasteiger partial charge in [-0.15, -0.1) is 22.0 Å². The summed E-state index contributed by atoms with van der Waals surface area (Å²) in [5.41, 5.74) is 1.25. The first-order valence-electron chi connectivity index (χ1n) is 7.64. The molecule has 0 bridgehead atoms. The molecular weight excluding hydrogens is 314 g/mol. The minimum atomic E-state index is -0.0650. The van der Waals surface area contributed by atoms with Crippen molar-refractivity contribution in [3.63, 3.8) is 0 Å². The van der Waals surface area contributed by atoms with Crippen molar-refractivity contribution >= 4 is 34.1 Å². The molecule has 1 aliphatic heterocycles. The molecule has 0 fully saturated rings. The number of aryl methyl sites for hydroxylation is 1. The summed E-state index contributed by atoms with van der Waals surface area (Å²) in [5, 5.41) is 12.7. The maximum atomic E-state index is 12.4. The number of benzene rings is 1. The Balaban J connectivity index is 1.54. The Hall–Kier alpha value is -1.40. The van der Waals surface area contributed by atoms with Gasteiger partial charge in [-0.05, 0) is 24.5 Å². The molecule has 116 valence electrons. The van der Waals surface area contributed by atoms with Gasteiger partial charge in [-0.3, -0.25) is 10.1 Å². The first kappa shape index (κ1) is 15.5. The van der Waals surface area contributed by atoms with E-state index in [1.54, 1.807) is 11.8 Å². The third-order valence-corrected chi connectivity index (χ3v) is 5.85. The van der Waals surface area contributed by atoms with Crippen molar-refractivity contribution < 1.29 is 4.79 Å². The van der Waals surface area contributed by atoms with Gasteiger partial charge >= 0.3 is 0 Å².